The fourth-order valence-electron chi connectivity index (χ4n) is 3.14. The lowest BCUT2D eigenvalue weighted by atomic mass is 10.2. The molecule has 3 rings (SSSR count). The van der Waals surface area contributed by atoms with Crippen LogP contribution in [0.4, 0.5) is 23.7 Å². The summed E-state index contributed by atoms with van der Waals surface area (Å²) in [6, 6.07) is 8.20. The second kappa shape index (κ2) is 10.8. The number of nitrogens with one attached hydrogen (secondary N) is 2. The molecule has 0 radical (unpaired) electrons. The van der Waals surface area contributed by atoms with Crippen molar-refractivity contribution in [3.05, 3.63) is 59.7 Å². The van der Waals surface area contributed by atoms with Crippen molar-refractivity contribution >= 4 is 23.5 Å². The van der Waals surface area contributed by atoms with Crippen LogP contribution in [0.3, 0.4) is 0 Å². The molecule has 1 aromatic heterocycles. The summed E-state index contributed by atoms with van der Waals surface area (Å²) in [4.78, 5) is 45.4. The summed E-state index contributed by atoms with van der Waals surface area (Å²) in [5.74, 6) is -2.96. The highest BCUT2D eigenvalue weighted by Crippen LogP contribution is 2.21. The highest BCUT2D eigenvalue weighted by Gasteiger charge is 2.26. The van der Waals surface area contributed by atoms with Gasteiger partial charge in [-0.1, -0.05) is 6.07 Å². The van der Waals surface area contributed by atoms with E-state index in [1.165, 1.54) is 41.4 Å². The lowest BCUT2D eigenvalue weighted by Gasteiger charge is -2.36. The normalized spacial score (nSPS) is 14.2. The number of pyridine rings is 1. The number of likely N-dealkylation sites (N-methyl/N-ethyl adjacent to an activating group) is 1. The Morgan fingerprint density at radius 1 is 1.09 bits per heavy atom. The number of hydrazine groups is 1. The molecule has 1 aliphatic rings. The molecule has 0 unspecified atom stereocenters. The third-order valence-corrected chi connectivity index (χ3v) is 5.03. The average molecular weight is 464 g/mol. The molecule has 0 aliphatic carbocycles. The third-order valence-electron chi connectivity index (χ3n) is 5.03. The smallest absolute Gasteiger partial charge is 0.322 e. The summed E-state index contributed by atoms with van der Waals surface area (Å²) < 4.78 is 38.3. The van der Waals surface area contributed by atoms with Crippen LogP contribution >= 0.6 is 0 Å². The maximum Gasteiger partial charge on any atom is 0.324 e. The first kappa shape index (κ1) is 24.0. The Balaban J connectivity index is 1.73. The number of aromatic nitrogens is 1. The minimum absolute atomic E-state index is 0.0102. The largest absolute Gasteiger partial charge is 0.324 e. The van der Waals surface area contributed by atoms with Gasteiger partial charge in [0.25, 0.3) is 5.91 Å². The summed E-state index contributed by atoms with van der Waals surface area (Å²) >= 11 is 0. The van der Waals surface area contributed by atoms with E-state index in [0.29, 0.717) is 37.6 Å². The number of carbonyl (C=O) groups is 3. The first-order valence-corrected chi connectivity index (χ1v) is 10.1. The van der Waals surface area contributed by atoms with Crippen molar-refractivity contribution in [2.24, 2.45) is 0 Å². The third kappa shape index (κ3) is 6.42. The van der Waals surface area contributed by atoms with E-state index >= 15 is 0 Å². The summed E-state index contributed by atoms with van der Waals surface area (Å²) in [6.45, 7) is 2.49. The van der Waals surface area contributed by atoms with Crippen LogP contribution in [0.5, 0.6) is 0 Å². The van der Waals surface area contributed by atoms with Crippen LogP contribution in [0.25, 0.3) is 0 Å². The van der Waals surface area contributed by atoms with Crippen LogP contribution in [0, 0.1) is 5.82 Å². The minimum atomic E-state index is -3.27. The van der Waals surface area contributed by atoms with Gasteiger partial charge in [-0.15, -0.1) is 0 Å². The monoisotopic (exact) mass is 464 g/mol. The molecule has 0 spiro atoms. The molecule has 12 heteroatoms. The summed E-state index contributed by atoms with van der Waals surface area (Å²) in [7, 11) is 1.96. The van der Waals surface area contributed by atoms with Gasteiger partial charge in [0.15, 0.2) is 0 Å². The van der Waals surface area contributed by atoms with E-state index in [0.717, 1.165) is 0 Å². The molecule has 0 saturated carbocycles. The van der Waals surface area contributed by atoms with Gasteiger partial charge in [0.2, 0.25) is 0 Å². The number of halogens is 3. The van der Waals surface area contributed by atoms with E-state index < -0.39 is 24.1 Å². The minimum Gasteiger partial charge on any atom is -0.322 e. The predicted molar refractivity (Wildman–Crippen MR) is 113 cm³/mol. The lowest BCUT2D eigenvalue weighted by molar-refractivity contribution is -0.132. The van der Waals surface area contributed by atoms with Gasteiger partial charge >= 0.3 is 18.4 Å². The van der Waals surface area contributed by atoms with Gasteiger partial charge < -0.3 is 9.80 Å². The van der Waals surface area contributed by atoms with Crippen molar-refractivity contribution in [2.45, 2.75) is 13.0 Å². The molecule has 2 heterocycles. The number of alkyl halides is 2. The maximum atomic E-state index is 13.8. The first-order valence-electron chi connectivity index (χ1n) is 10.1. The number of hydrogen-bond donors (Lipinski definition) is 2. The number of hydrogen-bond acceptors (Lipinski definition) is 5. The molecule has 33 heavy (non-hydrogen) atoms. The second-order valence-corrected chi connectivity index (χ2v) is 7.42. The standard InChI is InChI=1S/C21H23F3N6O3/c1-28-7-9-29(10-8-28)21(33)30(17-4-2-3-15(22)11-17)13-16-6-5-14(12-25-16)19(31)26-27-20(32)18(23)24/h2-6,11-12,18H,7-10,13H2,1H3,(H,26,31)(H,27,32). The van der Waals surface area contributed by atoms with Crippen molar-refractivity contribution in [1.29, 1.82) is 0 Å². The summed E-state index contributed by atoms with van der Waals surface area (Å²) in [6.07, 6.45) is -2.08. The maximum absolute atomic E-state index is 13.8. The Morgan fingerprint density at radius 2 is 1.82 bits per heavy atom. The van der Waals surface area contributed by atoms with Gasteiger partial charge in [0, 0.05) is 38.1 Å². The molecular weight excluding hydrogens is 441 g/mol. The molecule has 2 N–H and O–H groups in total. The molecular formula is C21H23F3N6O3. The summed E-state index contributed by atoms with van der Waals surface area (Å²) in [5, 5.41) is 0. The molecule has 4 amide bonds. The Kier molecular flexibility index (Phi) is 7.83. The van der Waals surface area contributed by atoms with Crippen LogP contribution in [-0.4, -0.2) is 72.3 Å². The van der Waals surface area contributed by atoms with E-state index in [4.69, 9.17) is 0 Å². The van der Waals surface area contributed by atoms with Gasteiger partial charge in [-0.25, -0.2) is 9.18 Å². The molecule has 0 bridgehead atoms. The van der Waals surface area contributed by atoms with Crippen molar-refractivity contribution in [3.63, 3.8) is 0 Å². The predicted octanol–water partition coefficient (Wildman–Crippen LogP) is 1.62. The molecule has 9 nitrogen and oxygen atoms in total. The zero-order valence-electron chi connectivity index (χ0n) is 17.8. The quantitative estimate of drug-likeness (QED) is 0.656. The molecule has 1 fully saturated rings. The summed E-state index contributed by atoms with van der Waals surface area (Å²) in [5.41, 5.74) is 4.24. The molecule has 1 aromatic carbocycles. The van der Waals surface area contributed by atoms with Crippen molar-refractivity contribution in [2.75, 3.05) is 38.1 Å². The fraction of sp³-hybridized carbons (Fsp3) is 0.333. The van der Waals surface area contributed by atoms with Gasteiger partial charge in [-0.2, -0.15) is 8.78 Å². The number of urea groups is 1. The zero-order valence-corrected chi connectivity index (χ0v) is 17.8. The molecule has 1 aliphatic heterocycles. The Bertz CT molecular complexity index is 997. The second-order valence-electron chi connectivity index (χ2n) is 7.42. The SMILES string of the molecule is CN1CCN(C(=O)N(Cc2ccc(C(=O)NNC(=O)C(F)F)cn2)c2cccc(F)c2)CC1. The van der Waals surface area contributed by atoms with Crippen LogP contribution in [0.2, 0.25) is 0 Å². The van der Waals surface area contributed by atoms with Crippen LogP contribution in [0.15, 0.2) is 42.6 Å². The molecule has 176 valence electrons. The van der Waals surface area contributed by atoms with Gasteiger partial charge in [0.1, 0.15) is 5.82 Å². The number of carbonyl (C=O) groups excluding carboxylic acids is 3. The van der Waals surface area contributed by atoms with Gasteiger partial charge in [-0.3, -0.25) is 30.3 Å². The van der Waals surface area contributed by atoms with Gasteiger partial charge in [0.05, 0.1) is 17.8 Å². The Hall–Kier alpha value is -3.67. The van der Waals surface area contributed by atoms with Crippen LogP contribution < -0.4 is 15.8 Å². The number of rotatable bonds is 5. The van der Waals surface area contributed by atoms with E-state index in [9.17, 15) is 27.6 Å². The lowest BCUT2D eigenvalue weighted by Crippen LogP contribution is -2.52. The highest BCUT2D eigenvalue weighted by atomic mass is 19.3. The van der Waals surface area contributed by atoms with E-state index in [1.807, 2.05) is 12.5 Å². The molecule has 2 aromatic rings. The highest BCUT2D eigenvalue weighted by molar-refractivity contribution is 5.95. The first-order chi connectivity index (χ1) is 15.7. The van der Waals surface area contributed by atoms with Crippen LogP contribution in [-0.2, 0) is 11.3 Å². The average Bonchev–Trinajstić information content (AvgIpc) is 2.81. The topological polar surface area (TPSA) is 97.9 Å². The molecule has 1 saturated heterocycles. The number of amides is 4. The Morgan fingerprint density at radius 3 is 2.42 bits per heavy atom. The van der Waals surface area contributed by atoms with Crippen molar-refractivity contribution in [3.8, 4) is 0 Å². The number of benzene rings is 1. The molecule has 0 atom stereocenters. The van der Waals surface area contributed by atoms with Crippen LogP contribution in [0.1, 0.15) is 16.1 Å². The number of anilines is 1. The van der Waals surface area contributed by atoms with E-state index in [1.54, 1.807) is 16.4 Å². The fourth-order valence-corrected chi connectivity index (χ4v) is 3.14. The zero-order chi connectivity index (χ0) is 24.0. The van der Waals surface area contributed by atoms with Crippen molar-refractivity contribution in [1.82, 2.24) is 25.6 Å². The number of piperazine rings is 1. The van der Waals surface area contributed by atoms with E-state index in [-0.39, 0.29) is 18.1 Å². The van der Waals surface area contributed by atoms with E-state index in [2.05, 4.69) is 9.88 Å². The number of nitrogens with zero attached hydrogens (tertiary/aromatic N) is 4. The van der Waals surface area contributed by atoms with Crippen molar-refractivity contribution < 1.29 is 27.6 Å². The Labute approximate surface area is 188 Å². The van der Waals surface area contributed by atoms with Gasteiger partial charge in [-0.05, 0) is 37.4 Å².